The molecule has 0 bridgehead atoms. The number of carbonyl (C=O) groups is 2. The molecule has 0 radical (unpaired) electrons. The standard InChI is InChI=1S/C27H20F2N2O3/c28-21-13-9-18(10-14-21)26(32)30-25(31-27(33)19-11-15-22(29)16-12-19)20-5-4-8-24(17-20)34-23-6-2-1-3-7-23/h1-17,25H,(H,30,32)(H,31,33). The molecule has 170 valence electrons. The maximum Gasteiger partial charge on any atom is 0.253 e. The number of benzene rings is 4. The van der Waals surface area contributed by atoms with Crippen LogP contribution in [0, 0.1) is 11.6 Å². The molecular formula is C27H20F2N2O3. The van der Waals surface area contributed by atoms with Crippen molar-refractivity contribution in [3.05, 3.63) is 131 Å². The molecule has 0 aliphatic rings. The minimum absolute atomic E-state index is 0.221. The van der Waals surface area contributed by atoms with Crippen LogP contribution >= 0.6 is 0 Å². The van der Waals surface area contributed by atoms with Gasteiger partial charge in [-0.2, -0.15) is 0 Å². The number of amides is 2. The number of hydrogen-bond donors (Lipinski definition) is 2. The number of rotatable bonds is 7. The number of para-hydroxylation sites is 1. The molecule has 2 amide bonds. The fourth-order valence-electron chi connectivity index (χ4n) is 3.22. The Morgan fingerprint density at radius 2 is 1.12 bits per heavy atom. The third-order valence-electron chi connectivity index (χ3n) is 4.93. The van der Waals surface area contributed by atoms with Gasteiger partial charge >= 0.3 is 0 Å². The molecule has 34 heavy (non-hydrogen) atoms. The Kier molecular flexibility index (Phi) is 6.93. The van der Waals surface area contributed by atoms with Crippen molar-refractivity contribution < 1.29 is 23.1 Å². The Labute approximate surface area is 195 Å². The molecule has 0 atom stereocenters. The molecule has 4 aromatic rings. The lowest BCUT2D eigenvalue weighted by atomic mass is 10.1. The van der Waals surface area contributed by atoms with Crippen molar-refractivity contribution in [2.24, 2.45) is 0 Å². The highest BCUT2D eigenvalue weighted by molar-refractivity contribution is 5.96. The number of ether oxygens (including phenoxy) is 1. The SMILES string of the molecule is O=C(NC(NC(=O)c1ccc(F)cc1)c1cccc(Oc2ccccc2)c1)c1ccc(F)cc1. The summed E-state index contributed by atoms with van der Waals surface area (Å²) in [6, 6.07) is 26.1. The van der Waals surface area contributed by atoms with Gasteiger partial charge in [-0.1, -0.05) is 30.3 Å². The van der Waals surface area contributed by atoms with E-state index in [1.807, 2.05) is 18.2 Å². The molecule has 0 aliphatic carbocycles. The average molecular weight is 458 g/mol. The van der Waals surface area contributed by atoms with Crippen molar-refractivity contribution in [3.8, 4) is 11.5 Å². The lowest BCUT2D eigenvalue weighted by molar-refractivity contribution is 0.0883. The number of nitrogens with one attached hydrogen (secondary N) is 2. The second-order valence-electron chi connectivity index (χ2n) is 7.38. The Hall–Kier alpha value is -4.52. The van der Waals surface area contributed by atoms with Crippen molar-refractivity contribution in [1.82, 2.24) is 10.6 Å². The van der Waals surface area contributed by atoms with E-state index in [0.29, 0.717) is 17.1 Å². The highest BCUT2D eigenvalue weighted by Gasteiger charge is 2.20. The monoisotopic (exact) mass is 458 g/mol. The summed E-state index contributed by atoms with van der Waals surface area (Å²) >= 11 is 0. The largest absolute Gasteiger partial charge is 0.457 e. The molecule has 0 aliphatic heterocycles. The molecule has 0 unspecified atom stereocenters. The lowest BCUT2D eigenvalue weighted by Gasteiger charge is -2.21. The van der Waals surface area contributed by atoms with Crippen LogP contribution in [0.4, 0.5) is 8.78 Å². The molecule has 7 heteroatoms. The number of hydrogen-bond acceptors (Lipinski definition) is 3. The van der Waals surface area contributed by atoms with Crippen LogP contribution in [0.2, 0.25) is 0 Å². The van der Waals surface area contributed by atoms with E-state index in [1.54, 1.807) is 36.4 Å². The average Bonchev–Trinajstić information content (AvgIpc) is 2.85. The molecule has 2 N–H and O–H groups in total. The van der Waals surface area contributed by atoms with Crippen molar-refractivity contribution in [1.29, 1.82) is 0 Å². The zero-order valence-corrected chi connectivity index (χ0v) is 17.9. The van der Waals surface area contributed by atoms with E-state index in [0.717, 1.165) is 0 Å². The zero-order chi connectivity index (χ0) is 23.9. The first kappa shape index (κ1) is 22.7. The molecule has 4 rings (SSSR count). The Morgan fingerprint density at radius 1 is 0.618 bits per heavy atom. The van der Waals surface area contributed by atoms with Crippen LogP contribution in [-0.4, -0.2) is 11.8 Å². The van der Waals surface area contributed by atoms with Gasteiger partial charge in [0.1, 0.15) is 29.3 Å². The van der Waals surface area contributed by atoms with E-state index in [1.165, 1.54) is 48.5 Å². The van der Waals surface area contributed by atoms with Gasteiger partial charge in [0.15, 0.2) is 0 Å². The summed E-state index contributed by atoms with van der Waals surface area (Å²) in [6.07, 6.45) is -0.950. The molecule has 0 spiro atoms. The first-order valence-corrected chi connectivity index (χ1v) is 10.4. The lowest BCUT2D eigenvalue weighted by Crippen LogP contribution is -2.41. The second-order valence-corrected chi connectivity index (χ2v) is 7.38. The molecule has 4 aromatic carbocycles. The van der Waals surface area contributed by atoms with Crippen LogP contribution in [0.15, 0.2) is 103 Å². The van der Waals surface area contributed by atoms with Crippen LogP contribution in [0.25, 0.3) is 0 Å². The van der Waals surface area contributed by atoms with Gasteiger partial charge in [-0.05, 0) is 78.4 Å². The van der Waals surface area contributed by atoms with E-state index in [-0.39, 0.29) is 11.1 Å². The van der Waals surface area contributed by atoms with Gasteiger partial charge < -0.3 is 15.4 Å². The third kappa shape index (κ3) is 5.83. The van der Waals surface area contributed by atoms with E-state index in [4.69, 9.17) is 4.74 Å². The van der Waals surface area contributed by atoms with Gasteiger partial charge in [0.2, 0.25) is 0 Å². The summed E-state index contributed by atoms with van der Waals surface area (Å²) in [5.74, 6) is -0.841. The van der Waals surface area contributed by atoms with Crippen LogP contribution in [0.5, 0.6) is 11.5 Å². The molecule has 5 nitrogen and oxygen atoms in total. The van der Waals surface area contributed by atoms with Crippen molar-refractivity contribution in [3.63, 3.8) is 0 Å². The summed E-state index contributed by atoms with van der Waals surface area (Å²) < 4.78 is 32.4. The van der Waals surface area contributed by atoms with Gasteiger partial charge in [0.05, 0.1) is 0 Å². The van der Waals surface area contributed by atoms with E-state index < -0.39 is 29.6 Å². The van der Waals surface area contributed by atoms with Gasteiger partial charge in [-0.15, -0.1) is 0 Å². The Morgan fingerprint density at radius 3 is 1.65 bits per heavy atom. The van der Waals surface area contributed by atoms with Gasteiger partial charge in [0.25, 0.3) is 11.8 Å². The second kappa shape index (κ2) is 10.4. The van der Waals surface area contributed by atoms with E-state index in [2.05, 4.69) is 10.6 Å². The predicted octanol–water partition coefficient (Wildman–Crippen LogP) is 5.62. The molecule has 0 fully saturated rings. The first-order chi connectivity index (χ1) is 16.5. The molecule has 0 saturated heterocycles. The highest BCUT2D eigenvalue weighted by atomic mass is 19.1. The minimum Gasteiger partial charge on any atom is -0.457 e. The smallest absolute Gasteiger partial charge is 0.253 e. The summed E-state index contributed by atoms with van der Waals surface area (Å²) in [5.41, 5.74) is 0.984. The highest BCUT2D eigenvalue weighted by Crippen LogP contribution is 2.24. The fourth-order valence-corrected chi connectivity index (χ4v) is 3.22. The summed E-state index contributed by atoms with van der Waals surface area (Å²) in [5, 5.41) is 5.50. The van der Waals surface area contributed by atoms with Crippen LogP contribution in [-0.2, 0) is 0 Å². The fraction of sp³-hybridized carbons (Fsp3) is 0.0370. The summed E-state index contributed by atoms with van der Waals surface area (Å²) in [4.78, 5) is 25.6. The van der Waals surface area contributed by atoms with Gasteiger partial charge in [-0.25, -0.2) is 8.78 Å². The van der Waals surface area contributed by atoms with Crippen molar-refractivity contribution >= 4 is 11.8 Å². The zero-order valence-electron chi connectivity index (χ0n) is 17.9. The first-order valence-electron chi connectivity index (χ1n) is 10.4. The quantitative estimate of drug-likeness (QED) is 0.354. The number of carbonyl (C=O) groups excluding carboxylic acids is 2. The maximum atomic E-state index is 13.3. The van der Waals surface area contributed by atoms with Crippen LogP contribution < -0.4 is 15.4 Å². The molecule has 0 heterocycles. The van der Waals surface area contributed by atoms with Gasteiger partial charge in [-0.3, -0.25) is 9.59 Å². The summed E-state index contributed by atoms with van der Waals surface area (Å²) in [7, 11) is 0. The van der Waals surface area contributed by atoms with E-state index in [9.17, 15) is 18.4 Å². The van der Waals surface area contributed by atoms with Gasteiger partial charge in [0, 0.05) is 11.1 Å². The topological polar surface area (TPSA) is 67.4 Å². The summed E-state index contributed by atoms with van der Waals surface area (Å²) in [6.45, 7) is 0. The molecular weight excluding hydrogens is 438 g/mol. The van der Waals surface area contributed by atoms with E-state index >= 15 is 0 Å². The molecule has 0 saturated carbocycles. The predicted molar refractivity (Wildman–Crippen MR) is 123 cm³/mol. The van der Waals surface area contributed by atoms with Crippen LogP contribution in [0.1, 0.15) is 32.4 Å². The van der Waals surface area contributed by atoms with Crippen LogP contribution in [0.3, 0.4) is 0 Å². The normalized spacial score (nSPS) is 10.6. The van der Waals surface area contributed by atoms with Crippen molar-refractivity contribution in [2.45, 2.75) is 6.17 Å². The molecule has 0 aromatic heterocycles. The third-order valence-corrected chi connectivity index (χ3v) is 4.93. The minimum atomic E-state index is -0.950. The van der Waals surface area contributed by atoms with Crippen molar-refractivity contribution in [2.75, 3.05) is 0 Å². The number of halogens is 2. The Bertz CT molecular complexity index is 1220. The maximum absolute atomic E-state index is 13.3. The Balaban J connectivity index is 1.60.